The Morgan fingerprint density at radius 3 is 2.37 bits per heavy atom. The maximum Gasteiger partial charge on any atom is 0.243 e. The standard InChI is InChI=1S/C21H37N3O5S/c1-6-14-11-21(14,19(27)23-30(28,29)15-7-8-15)22-18(26)17-13(2)9-10-24(17)16(25)12-20(3,4)5/h13-15,17,19,23,27H,6-12H2,1-5H3,(H,22,26). The molecule has 30 heavy (non-hydrogen) atoms. The van der Waals surface area contributed by atoms with Crippen molar-refractivity contribution in [1.29, 1.82) is 0 Å². The van der Waals surface area contributed by atoms with E-state index in [1.165, 1.54) is 0 Å². The Hall–Kier alpha value is -1.19. The lowest BCUT2D eigenvalue weighted by Gasteiger charge is -2.32. The van der Waals surface area contributed by atoms with Crippen LogP contribution in [-0.2, 0) is 19.6 Å². The molecule has 3 N–H and O–H groups in total. The minimum Gasteiger partial charge on any atom is -0.375 e. The summed E-state index contributed by atoms with van der Waals surface area (Å²) in [5.41, 5.74) is -1.18. The van der Waals surface area contributed by atoms with Crippen molar-refractivity contribution in [2.75, 3.05) is 6.54 Å². The molecule has 1 saturated heterocycles. The van der Waals surface area contributed by atoms with Gasteiger partial charge >= 0.3 is 0 Å². The molecular formula is C21H37N3O5S. The molecule has 2 aliphatic carbocycles. The monoisotopic (exact) mass is 443 g/mol. The summed E-state index contributed by atoms with van der Waals surface area (Å²) >= 11 is 0. The van der Waals surface area contributed by atoms with Crippen LogP contribution in [0, 0.1) is 17.3 Å². The number of nitrogens with zero attached hydrogens (tertiary/aromatic N) is 1. The van der Waals surface area contributed by atoms with E-state index in [-0.39, 0.29) is 29.1 Å². The Balaban J connectivity index is 1.73. The lowest BCUT2D eigenvalue weighted by molar-refractivity contribution is -0.141. The van der Waals surface area contributed by atoms with Gasteiger partial charge in [0.25, 0.3) is 0 Å². The van der Waals surface area contributed by atoms with Crippen molar-refractivity contribution in [1.82, 2.24) is 14.9 Å². The number of aliphatic hydroxyl groups is 1. The molecule has 2 saturated carbocycles. The molecule has 1 aliphatic heterocycles. The van der Waals surface area contributed by atoms with Gasteiger partial charge in [0.2, 0.25) is 21.8 Å². The highest BCUT2D eigenvalue weighted by molar-refractivity contribution is 7.90. The number of aliphatic hydroxyl groups excluding tert-OH is 1. The van der Waals surface area contributed by atoms with E-state index in [0.29, 0.717) is 32.2 Å². The van der Waals surface area contributed by atoms with Gasteiger partial charge in [-0.3, -0.25) is 9.59 Å². The predicted octanol–water partition coefficient (Wildman–Crippen LogP) is 1.34. The molecule has 9 heteroatoms. The molecule has 0 bridgehead atoms. The number of likely N-dealkylation sites (tertiary alicyclic amines) is 1. The van der Waals surface area contributed by atoms with E-state index in [1.807, 2.05) is 34.6 Å². The van der Waals surface area contributed by atoms with E-state index >= 15 is 0 Å². The molecule has 0 spiro atoms. The second kappa shape index (κ2) is 8.06. The van der Waals surface area contributed by atoms with Crippen molar-refractivity contribution < 1.29 is 23.1 Å². The first kappa shape index (κ1) is 23.5. The van der Waals surface area contributed by atoms with Crippen LogP contribution in [0.1, 0.15) is 73.1 Å². The van der Waals surface area contributed by atoms with Crippen molar-refractivity contribution in [3.63, 3.8) is 0 Å². The second-order valence-electron chi connectivity index (χ2n) is 10.6. The van der Waals surface area contributed by atoms with Gasteiger partial charge in [-0.25, -0.2) is 8.42 Å². The molecule has 0 aromatic rings. The van der Waals surface area contributed by atoms with Crippen LogP contribution >= 0.6 is 0 Å². The number of nitrogens with one attached hydrogen (secondary N) is 2. The molecule has 2 amide bonds. The van der Waals surface area contributed by atoms with Crippen LogP contribution in [0.3, 0.4) is 0 Å². The van der Waals surface area contributed by atoms with Crippen LogP contribution in [0.15, 0.2) is 0 Å². The Kier molecular flexibility index (Phi) is 6.30. The van der Waals surface area contributed by atoms with Gasteiger partial charge in [0.15, 0.2) is 0 Å². The number of amides is 2. The van der Waals surface area contributed by atoms with Crippen LogP contribution in [0.2, 0.25) is 0 Å². The lowest BCUT2D eigenvalue weighted by Crippen LogP contribution is -2.59. The molecule has 3 aliphatic rings. The number of carbonyl (C=O) groups is 2. The zero-order chi connectivity index (χ0) is 22.5. The minimum absolute atomic E-state index is 0.00472. The fourth-order valence-corrected chi connectivity index (χ4v) is 6.10. The summed E-state index contributed by atoms with van der Waals surface area (Å²) in [5.74, 6) is -0.347. The molecule has 0 aromatic heterocycles. The fourth-order valence-electron chi connectivity index (χ4n) is 4.63. The van der Waals surface area contributed by atoms with Crippen LogP contribution in [0.25, 0.3) is 0 Å². The summed E-state index contributed by atoms with van der Waals surface area (Å²) in [7, 11) is -3.59. The van der Waals surface area contributed by atoms with E-state index < -0.39 is 33.1 Å². The summed E-state index contributed by atoms with van der Waals surface area (Å²) in [6, 6.07) is -0.595. The highest BCUT2D eigenvalue weighted by Gasteiger charge is 2.61. The summed E-state index contributed by atoms with van der Waals surface area (Å²) in [6.45, 7) is 10.4. The van der Waals surface area contributed by atoms with Gasteiger partial charge in [-0.2, -0.15) is 4.72 Å². The Bertz CT molecular complexity index is 789. The van der Waals surface area contributed by atoms with E-state index in [9.17, 15) is 23.1 Å². The Morgan fingerprint density at radius 1 is 1.23 bits per heavy atom. The van der Waals surface area contributed by atoms with Crippen molar-refractivity contribution in [3.05, 3.63) is 0 Å². The second-order valence-corrected chi connectivity index (χ2v) is 12.6. The van der Waals surface area contributed by atoms with Crippen LogP contribution < -0.4 is 10.0 Å². The number of rotatable bonds is 8. The molecule has 5 unspecified atom stereocenters. The third-order valence-corrected chi connectivity index (χ3v) is 8.60. The van der Waals surface area contributed by atoms with Crippen LogP contribution in [0.5, 0.6) is 0 Å². The number of sulfonamides is 1. The summed E-state index contributed by atoms with van der Waals surface area (Å²) in [5, 5.41) is 13.3. The van der Waals surface area contributed by atoms with Gasteiger partial charge in [-0.15, -0.1) is 0 Å². The van der Waals surface area contributed by atoms with Crippen molar-refractivity contribution in [2.45, 2.75) is 96.2 Å². The van der Waals surface area contributed by atoms with Crippen LogP contribution in [0.4, 0.5) is 0 Å². The molecule has 3 fully saturated rings. The smallest absolute Gasteiger partial charge is 0.243 e. The number of hydrogen-bond acceptors (Lipinski definition) is 5. The molecular weight excluding hydrogens is 406 g/mol. The number of carbonyl (C=O) groups excluding carboxylic acids is 2. The van der Waals surface area contributed by atoms with Crippen LogP contribution in [-0.4, -0.2) is 59.8 Å². The highest BCUT2D eigenvalue weighted by Crippen LogP contribution is 2.48. The number of hydrogen-bond donors (Lipinski definition) is 3. The molecule has 8 nitrogen and oxygen atoms in total. The van der Waals surface area contributed by atoms with Gasteiger partial charge in [0.1, 0.15) is 12.3 Å². The van der Waals surface area contributed by atoms with E-state index in [0.717, 1.165) is 12.8 Å². The maximum atomic E-state index is 13.3. The lowest BCUT2D eigenvalue weighted by atomic mass is 9.91. The normalized spacial score (nSPS) is 32.7. The van der Waals surface area contributed by atoms with Gasteiger partial charge in [-0.1, -0.05) is 41.0 Å². The largest absolute Gasteiger partial charge is 0.375 e. The molecule has 1 heterocycles. The van der Waals surface area contributed by atoms with Crippen molar-refractivity contribution >= 4 is 21.8 Å². The van der Waals surface area contributed by atoms with E-state index in [2.05, 4.69) is 10.0 Å². The first-order valence-corrected chi connectivity index (χ1v) is 12.7. The first-order chi connectivity index (χ1) is 13.8. The zero-order valence-corrected chi connectivity index (χ0v) is 19.6. The summed E-state index contributed by atoms with van der Waals surface area (Å²) < 4.78 is 27.0. The van der Waals surface area contributed by atoms with Crippen molar-refractivity contribution in [3.8, 4) is 0 Å². The molecule has 0 aromatic carbocycles. The third kappa shape index (κ3) is 4.83. The Morgan fingerprint density at radius 2 is 1.87 bits per heavy atom. The SMILES string of the molecule is CCC1CC1(NC(=O)C1C(C)CCN1C(=O)CC(C)(C)C)C(O)NS(=O)(=O)C1CC1. The Labute approximate surface area is 180 Å². The van der Waals surface area contributed by atoms with E-state index in [1.54, 1.807) is 4.90 Å². The molecule has 0 radical (unpaired) electrons. The van der Waals surface area contributed by atoms with Gasteiger partial charge in [-0.05, 0) is 42.9 Å². The highest BCUT2D eigenvalue weighted by atomic mass is 32.2. The predicted molar refractivity (Wildman–Crippen MR) is 114 cm³/mol. The quantitative estimate of drug-likeness (QED) is 0.490. The first-order valence-electron chi connectivity index (χ1n) is 11.1. The zero-order valence-electron chi connectivity index (χ0n) is 18.8. The van der Waals surface area contributed by atoms with Crippen molar-refractivity contribution in [2.24, 2.45) is 17.3 Å². The van der Waals surface area contributed by atoms with Gasteiger partial charge in [0, 0.05) is 13.0 Å². The van der Waals surface area contributed by atoms with E-state index in [4.69, 9.17) is 0 Å². The fraction of sp³-hybridized carbons (Fsp3) is 0.905. The van der Waals surface area contributed by atoms with Gasteiger partial charge in [0.05, 0.1) is 10.8 Å². The third-order valence-electron chi connectivity index (χ3n) is 6.70. The summed E-state index contributed by atoms with van der Waals surface area (Å²) in [6.07, 6.45) is 2.17. The average Bonchev–Trinajstić information content (AvgIpc) is 3.50. The topological polar surface area (TPSA) is 116 Å². The molecule has 3 rings (SSSR count). The average molecular weight is 444 g/mol. The maximum absolute atomic E-state index is 13.3. The van der Waals surface area contributed by atoms with Gasteiger partial charge < -0.3 is 15.3 Å². The minimum atomic E-state index is -3.59. The summed E-state index contributed by atoms with van der Waals surface area (Å²) in [4.78, 5) is 27.8. The molecule has 5 atom stereocenters. The molecule has 172 valence electrons.